The number of carbonyl (C=O) groups excluding carboxylic acids is 1. The fraction of sp³-hybridized carbons (Fsp3) is 0.765. The summed E-state index contributed by atoms with van der Waals surface area (Å²) in [6, 6.07) is 0.365. The van der Waals surface area contributed by atoms with Gasteiger partial charge in [-0.3, -0.25) is 0 Å². The molecule has 0 saturated carbocycles. The van der Waals surface area contributed by atoms with Gasteiger partial charge in [0.05, 0.1) is 12.0 Å². The van der Waals surface area contributed by atoms with E-state index < -0.39 is 0 Å². The van der Waals surface area contributed by atoms with E-state index in [9.17, 15) is 4.79 Å². The van der Waals surface area contributed by atoms with E-state index in [2.05, 4.69) is 27.2 Å². The molecule has 2 N–H and O–H groups in total. The van der Waals surface area contributed by atoms with E-state index >= 15 is 0 Å². The van der Waals surface area contributed by atoms with E-state index in [0.717, 1.165) is 45.3 Å². The minimum absolute atomic E-state index is 0.128. The van der Waals surface area contributed by atoms with Gasteiger partial charge in [-0.05, 0) is 45.7 Å². The Bertz CT molecular complexity index is 585. The second-order valence-electron chi connectivity index (χ2n) is 7.73. The molecule has 6 nitrogen and oxygen atoms in total. The quantitative estimate of drug-likeness (QED) is 0.823. The Labute approximate surface area is 137 Å². The molecule has 126 valence electrons. The number of aromatic nitrogens is 2. The summed E-state index contributed by atoms with van der Waals surface area (Å²) in [5.74, 6) is 0. The number of piperidine rings is 1. The molecule has 4 rings (SSSR count). The van der Waals surface area contributed by atoms with Gasteiger partial charge in [-0.25, -0.2) is 9.78 Å². The van der Waals surface area contributed by atoms with E-state index in [1.807, 2.05) is 4.90 Å². The van der Waals surface area contributed by atoms with Crippen LogP contribution in [0.1, 0.15) is 37.1 Å². The van der Waals surface area contributed by atoms with E-state index in [0.29, 0.717) is 5.41 Å². The zero-order valence-corrected chi connectivity index (χ0v) is 14.0. The highest BCUT2D eigenvalue weighted by atomic mass is 16.2. The molecule has 23 heavy (non-hydrogen) atoms. The SMILES string of the molecule is CN1CCCC2(CCN(C(=O)NC3CCc4nc[nH]c4C3)C2)C1. The van der Waals surface area contributed by atoms with Crippen molar-refractivity contribution >= 4 is 6.03 Å². The van der Waals surface area contributed by atoms with Crippen LogP contribution in [0, 0.1) is 5.41 Å². The van der Waals surface area contributed by atoms with Gasteiger partial charge in [-0.2, -0.15) is 0 Å². The van der Waals surface area contributed by atoms with Crippen LogP contribution in [0.3, 0.4) is 0 Å². The molecule has 2 unspecified atom stereocenters. The number of aryl methyl sites for hydroxylation is 1. The van der Waals surface area contributed by atoms with Crippen molar-refractivity contribution in [3.8, 4) is 0 Å². The Morgan fingerprint density at radius 1 is 1.39 bits per heavy atom. The van der Waals surface area contributed by atoms with E-state index in [1.54, 1.807) is 6.33 Å². The fourth-order valence-corrected chi connectivity index (χ4v) is 4.69. The molecule has 2 saturated heterocycles. The molecule has 0 aromatic carbocycles. The molecular formula is C17H27N5O. The maximum absolute atomic E-state index is 12.6. The molecule has 2 amide bonds. The van der Waals surface area contributed by atoms with Crippen LogP contribution in [0.4, 0.5) is 4.79 Å². The summed E-state index contributed by atoms with van der Waals surface area (Å²) in [6.45, 7) is 4.16. The third kappa shape index (κ3) is 2.96. The number of hydrogen-bond donors (Lipinski definition) is 2. The van der Waals surface area contributed by atoms with Crippen molar-refractivity contribution in [3.05, 3.63) is 17.7 Å². The maximum atomic E-state index is 12.6. The number of amides is 2. The zero-order valence-electron chi connectivity index (χ0n) is 14.0. The van der Waals surface area contributed by atoms with Crippen LogP contribution < -0.4 is 5.32 Å². The average molecular weight is 317 g/mol. The van der Waals surface area contributed by atoms with Gasteiger partial charge in [0.2, 0.25) is 0 Å². The number of nitrogens with one attached hydrogen (secondary N) is 2. The molecule has 1 aliphatic carbocycles. The summed E-state index contributed by atoms with van der Waals surface area (Å²) in [5, 5.41) is 3.25. The smallest absolute Gasteiger partial charge is 0.317 e. The maximum Gasteiger partial charge on any atom is 0.317 e. The Morgan fingerprint density at radius 2 is 2.30 bits per heavy atom. The van der Waals surface area contributed by atoms with Gasteiger partial charge in [0, 0.05) is 43.2 Å². The number of hydrogen-bond acceptors (Lipinski definition) is 3. The minimum atomic E-state index is 0.128. The van der Waals surface area contributed by atoms with Crippen LogP contribution in [0.25, 0.3) is 0 Å². The number of carbonyl (C=O) groups is 1. The molecule has 1 aromatic heterocycles. The summed E-state index contributed by atoms with van der Waals surface area (Å²) in [5.41, 5.74) is 2.70. The number of H-pyrrole nitrogens is 1. The normalized spacial score (nSPS) is 31.3. The highest BCUT2D eigenvalue weighted by Gasteiger charge is 2.42. The lowest BCUT2D eigenvalue weighted by atomic mass is 9.79. The predicted molar refractivity (Wildman–Crippen MR) is 88.3 cm³/mol. The van der Waals surface area contributed by atoms with Crippen molar-refractivity contribution < 1.29 is 4.79 Å². The lowest BCUT2D eigenvalue weighted by Crippen LogP contribution is -2.48. The first-order valence-corrected chi connectivity index (χ1v) is 8.89. The second kappa shape index (κ2) is 5.82. The van der Waals surface area contributed by atoms with Gasteiger partial charge < -0.3 is 20.1 Å². The topological polar surface area (TPSA) is 64.3 Å². The van der Waals surface area contributed by atoms with Crippen molar-refractivity contribution in [2.75, 3.05) is 33.2 Å². The van der Waals surface area contributed by atoms with Gasteiger partial charge in [0.25, 0.3) is 0 Å². The zero-order chi connectivity index (χ0) is 15.9. The van der Waals surface area contributed by atoms with Crippen LogP contribution >= 0.6 is 0 Å². The van der Waals surface area contributed by atoms with E-state index in [-0.39, 0.29) is 12.1 Å². The average Bonchev–Trinajstić information content (AvgIpc) is 3.14. The Balaban J connectivity index is 1.34. The number of likely N-dealkylation sites (tertiary alicyclic amines) is 2. The highest BCUT2D eigenvalue weighted by molar-refractivity contribution is 5.75. The standard InChI is InChI=1S/C17H27N5O/c1-21-7-2-5-17(10-21)6-8-22(11-17)16(23)20-13-3-4-14-15(9-13)19-12-18-14/h12-13H,2-11H2,1H3,(H,18,19)(H,20,23). The molecular weight excluding hydrogens is 290 g/mol. The predicted octanol–water partition coefficient (Wildman–Crippen LogP) is 1.39. The summed E-state index contributed by atoms with van der Waals surface area (Å²) in [4.78, 5) is 24.6. The number of aromatic amines is 1. The summed E-state index contributed by atoms with van der Waals surface area (Å²) in [6.07, 6.45) is 8.27. The Kier molecular flexibility index (Phi) is 3.79. The number of nitrogens with zero attached hydrogens (tertiary/aromatic N) is 3. The molecule has 1 aromatic rings. The number of rotatable bonds is 1. The van der Waals surface area contributed by atoms with Crippen molar-refractivity contribution in [1.82, 2.24) is 25.1 Å². The third-order valence-electron chi connectivity index (χ3n) is 5.89. The lowest BCUT2D eigenvalue weighted by Gasteiger charge is -2.38. The molecule has 0 bridgehead atoms. The van der Waals surface area contributed by atoms with Crippen LogP contribution in [0.2, 0.25) is 0 Å². The van der Waals surface area contributed by atoms with Crippen LogP contribution in [-0.2, 0) is 12.8 Å². The van der Waals surface area contributed by atoms with Gasteiger partial charge in [0.15, 0.2) is 0 Å². The first-order chi connectivity index (χ1) is 11.1. The molecule has 3 heterocycles. The molecule has 2 aliphatic heterocycles. The van der Waals surface area contributed by atoms with Crippen LogP contribution in [0.5, 0.6) is 0 Å². The van der Waals surface area contributed by atoms with Gasteiger partial charge in [-0.1, -0.05) is 0 Å². The monoisotopic (exact) mass is 317 g/mol. The highest BCUT2D eigenvalue weighted by Crippen LogP contribution is 2.38. The first-order valence-electron chi connectivity index (χ1n) is 8.89. The number of urea groups is 1. The van der Waals surface area contributed by atoms with Crippen molar-refractivity contribution in [2.45, 2.75) is 44.6 Å². The third-order valence-corrected chi connectivity index (χ3v) is 5.89. The van der Waals surface area contributed by atoms with Crippen molar-refractivity contribution in [2.24, 2.45) is 5.41 Å². The molecule has 3 aliphatic rings. The van der Waals surface area contributed by atoms with E-state index in [4.69, 9.17) is 0 Å². The molecule has 6 heteroatoms. The largest absolute Gasteiger partial charge is 0.348 e. The molecule has 1 spiro atoms. The minimum Gasteiger partial charge on any atom is -0.348 e. The number of fused-ring (bicyclic) bond motifs is 1. The molecule has 2 atom stereocenters. The van der Waals surface area contributed by atoms with E-state index in [1.165, 1.54) is 30.8 Å². The lowest BCUT2D eigenvalue weighted by molar-refractivity contribution is 0.115. The second-order valence-corrected chi connectivity index (χ2v) is 7.73. The Morgan fingerprint density at radius 3 is 3.17 bits per heavy atom. The summed E-state index contributed by atoms with van der Waals surface area (Å²) in [7, 11) is 2.20. The van der Waals surface area contributed by atoms with Gasteiger partial charge in [0.1, 0.15) is 0 Å². The summed E-state index contributed by atoms with van der Waals surface area (Å²) >= 11 is 0. The Hall–Kier alpha value is -1.56. The van der Waals surface area contributed by atoms with Crippen LogP contribution in [0.15, 0.2) is 6.33 Å². The van der Waals surface area contributed by atoms with Crippen molar-refractivity contribution in [3.63, 3.8) is 0 Å². The summed E-state index contributed by atoms with van der Waals surface area (Å²) < 4.78 is 0. The fourth-order valence-electron chi connectivity index (χ4n) is 4.69. The number of imidazole rings is 1. The first kappa shape index (κ1) is 15.0. The van der Waals surface area contributed by atoms with Crippen LogP contribution in [-0.4, -0.2) is 65.1 Å². The molecule has 2 fully saturated rings. The van der Waals surface area contributed by atoms with Crippen molar-refractivity contribution in [1.29, 1.82) is 0 Å². The molecule has 0 radical (unpaired) electrons. The van der Waals surface area contributed by atoms with Gasteiger partial charge in [-0.15, -0.1) is 0 Å². The van der Waals surface area contributed by atoms with Gasteiger partial charge >= 0.3 is 6.03 Å².